The minimum atomic E-state index is 1.12. The van der Waals surface area contributed by atoms with Crippen LogP contribution in [0.25, 0.3) is 65.3 Å². The van der Waals surface area contributed by atoms with Gasteiger partial charge in [0.2, 0.25) is 0 Å². The summed E-state index contributed by atoms with van der Waals surface area (Å²) in [6.45, 7) is 0. The molecule has 109 heavy (non-hydrogen) atoms. The van der Waals surface area contributed by atoms with E-state index in [2.05, 4.69) is 487 Å². The van der Waals surface area contributed by atoms with E-state index in [4.69, 9.17) is 0 Å². The Morgan fingerprint density at radius 1 is 0.119 bits per heavy atom. The van der Waals surface area contributed by atoms with Crippen molar-refractivity contribution in [1.29, 1.82) is 0 Å². The lowest BCUT2D eigenvalue weighted by Crippen LogP contribution is -2.12. The van der Waals surface area contributed by atoms with Crippen molar-refractivity contribution in [3.05, 3.63) is 443 Å². The first-order chi connectivity index (χ1) is 53.8. The second-order valence-electron chi connectivity index (χ2n) is 27.2. The second kappa shape index (κ2) is 32.4. The van der Waals surface area contributed by atoms with Crippen molar-refractivity contribution in [2.75, 3.05) is 50.5 Å². The molecule has 0 heterocycles. The molecule has 0 aliphatic heterocycles. The lowest BCUT2D eigenvalue weighted by Gasteiger charge is -2.27. The van der Waals surface area contributed by atoms with E-state index in [1.54, 1.807) is 0 Å². The van der Waals surface area contributed by atoms with Crippen LogP contribution in [0.4, 0.5) is 85.3 Å². The highest BCUT2D eigenvalue weighted by molar-refractivity contribution is 5.94. The molecule has 0 aliphatic carbocycles. The Morgan fingerprint density at radius 2 is 0.312 bits per heavy atom. The molecule has 18 aromatic carbocycles. The van der Waals surface area contributed by atoms with Gasteiger partial charge in [-0.25, -0.2) is 0 Å². The Bertz CT molecular complexity index is 6020. The average molecular weight is 1400 g/mol. The van der Waals surface area contributed by atoms with Crippen LogP contribution in [-0.2, 0) is 0 Å². The number of hydrogen-bond acceptors (Lipinski definition) is 6. The minimum Gasteiger partial charge on any atom is -0.345 e. The van der Waals surface area contributed by atoms with Gasteiger partial charge >= 0.3 is 0 Å². The van der Waals surface area contributed by atoms with Crippen LogP contribution in [0.15, 0.2) is 443 Å². The smallest absolute Gasteiger partial charge is 0.0468 e. The fourth-order valence-corrected chi connectivity index (χ4v) is 14.4. The molecule has 0 bridgehead atoms. The zero-order valence-corrected chi connectivity index (χ0v) is 61.3. The van der Waals surface area contributed by atoms with Gasteiger partial charge < -0.3 is 29.4 Å². The maximum Gasteiger partial charge on any atom is 0.0468 e. The largest absolute Gasteiger partial charge is 0.345 e. The van der Waals surface area contributed by atoms with E-state index in [0.29, 0.717) is 0 Å². The van der Waals surface area contributed by atoms with Gasteiger partial charge in [-0.05, 0) is 247 Å². The van der Waals surface area contributed by atoms with Crippen LogP contribution in [0.1, 0.15) is 0 Å². The van der Waals surface area contributed by atoms with Crippen molar-refractivity contribution in [2.24, 2.45) is 0 Å². The highest BCUT2D eigenvalue weighted by Crippen LogP contribution is 2.42. The number of benzene rings is 18. The number of fused-ring (bicyclic) bond motifs is 4. The number of para-hydroxylation sites is 3. The molecule has 18 rings (SSSR count). The third kappa shape index (κ3) is 15.8. The third-order valence-electron chi connectivity index (χ3n) is 20.3. The molecule has 0 atom stereocenters. The summed E-state index contributed by atoms with van der Waals surface area (Å²) in [5, 5.41) is 9.94. The van der Waals surface area contributed by atoms with Gasteiger partial charge in [-0.1, -0.05) is 261 Å². The van der Waals surface area contributed by atoms with Crippen LogP contribution < -0.4 is 29.4 Å². The molecule has 18 aromatic rings. The quantitative estimate of drug-likeness (QED) is 0.0899. The molecule has 0 aromatic heterocycles. The van der Waals surface area contributed by atoms with Crippen LogP contribution in [0.3, 0.4) is 0 Å². The van der Waals surface area contributed by atoms with Crippen LogP contribution in [0, 0.1) is 0 Å². The van der Waals surface area contributed by atoms with Crippen molar-refractivity contribution in [3.63, 3.8) is 0 Å². The fraction of sp³-hybridized carbons (Fsp3) is 0.0291. The summed E-state index contributed by atoms with van der Waals surface area (Å²) in [5.74, 6) is 0. The van der Waals surface area contributed by atoms with Gasteiger partial charge in [-0.2, -0.15) is 0 Å². The van der Waals surface area contributed by atoms with Crippen molar-refractivity contribution in [1.82, 2.24) is 0 Å². The lowest BCUT2D eigenvalue weighted by molar-refractivity contribution is 1.20. The first-order valence-electron chi connectivity index (χ1n) is 37.1. The molecule has 0 amide bonds. The van der Waals surface area contributed by atoms with E-state index >= 15 is 0 Å². The van der Waals surface area contributed by atoms with E-state index in [-0.39, 0.29) is 0 Å². The van der Waals surface area contributed by atoms with Crippen LogP contribution in [0.5, 0.6) is 0 Å². The molecule has 6 heteroatoms. The van der Waals surface area contributed by atoms with E-state index < -0.39 is 0 Å². The summed E-state index contributed by atoms with van der Waals surface area (Å²) in [6.07, 6.45) is 0. The standard InChI is InChI=1S/2C35H28N2.C33H26N2/c1-36(34-18-10-15-30(25-34)27-11-4-2-5-12-27)31-21-23-33(24-22-31)37(32-16-6-3-7-17-32)35-20-19-28-13-8-9-14-29(28)26-35;1-36(31-19-16-29(17-20-31)27-10-4-2-5-11-27)32-22-24-34(25-23-32)37(33-14-6-3-7-15-33)35-21-18-28-12-8-9-13-30(28)26-35;1-34(32-17-15-25-9-5-7-11-27(25)23-32)29-19-21-31(22-20-29)35(30-13-3-2-4-14-30)33-18-16-26-10-6-8-12-28(26)24-33/h2*2-26H,1H3;2-24H,1H3. The van der Waals surface area contributed by atoms with Gasteiger partial charge in [0.25, 0.3) is 0 Å². The normalized spacial score (nSPS) is 10.9. The SMILES string of the molecule is CN(c1ccc(-c2ccccc2)cc1)c1ccc(N(c2ccccc2)c2ccc3ccccc3c2)cc1.CN(c1ccc(N(c2ccccc2)c2ccc3ccccc3c2)cc1)c1ccc2ccccc2c1.CN(c1ccc(N(c2ccccc2)c2ccc3ccccc3c2)cc1)c1cccc(-c2ccccc2)c1. The predicted molar refractivity (Wildman–Crippen MR) is 468 cm³/mol. The van der Waals surface area contributed by atoms with Crippen molar-refractivity contribution < 1.29 is 0 Å². The fourth-order valence-electron chi connectivity index (χ4n) is 14.4. The lowest BCUT2D eigenvalue weighted by atomic mass is 10.0. The van der Waals surface area contributed by atoms with E-state index in [1.165, 1.54) is 71.0 Å². The molecular weight excluding hydrogens is 1320 g/mol. The van der Waals surface area contributed by atoms with Gasteiger partial charge in [-0.3, -0.25) is 0 Å². The summed E-state index contributed by atoms with van der Waals surface area (Å²) >= 11 is 0. The monoisotopic (exact) mass is 1400 g/mol. The molecule has 0 N–H and O–H groups in total. The van der Waals surface area contributed by atoms with Crippen molar-refractivity contribution in [3.8, 4) is 22.3 Å². The van der Waals surface area contributed by atoms with Gasteiger partial charge in [0.1, 0.15) is 0 Å². The van der Waals surface area contributed by atoms with Gasteiger partial charge in [0.15, 0.2) is 0 Å². The molecule has 524 valence electrons. The number of anilines is 15. The zero-order valence-electron chi connectivity index (χ0n) is 61.3. The summed E-state index contributed by atoms with van der Waals surface area (Å²) in [6, 6.07) is 157. The molecule has 0 saturated heterocycles. The van der Waals surface area contributed by atoms with Crippen LogP contribution in [0.2, 0.25) is 0 Å². The maximum absolute atomic E-state index is 2.31. The molecule has 0 radical (unpaired) electrons. The molecular formula is C103H82N6. The Kier molecular flexibility index (Phi) is 20.6. The maximum atomic E-state index is 2.31. The average Bonchev–Trinajstić information content (AvgIpc) is 0.799. The van der Waals surface area contributed by atoms with Gasteiger partial charge in [-0.15, -0.1) is 0 Å². The van der Waals surface area contributed by atoms with Gasteiger partial charge in [0.05, 0.1) is 0 Å². The first kappa shape index (κ1) is 69.2. The highest BCUT2D eigenvalue weighted by Gasteiger charge is 2.19. The molecule has 6 nitrogen and oxygen atoms in total. The Balaban J connectivity index is 0.000000125. The van der Waals surface area contributed by atoms with Crippen LogP contribution in [-0.4, -0.2) is 21.1 Å². The summed E-state index contributed by atoms with van der Waals surface area (Å²) in [7, 11) is 6.36. The van der Waals surface area contributed by atoms with Gasteiger partial charge in [0, 0.05) is 106 Å². The topological polar surface area (TPSA) is 19.4 Å². The Labute approximate surface area is 640 Å². The van der Waals surface area contributed by atoms with E-state index in [1.807, 2.05) is 6.07 Å². The summed E-state index contributed by atoms with van der Waals surface area (Å²) in [4.78, 5) is 13.6. The zero-order chi connectivity index (χ0) is 73.7. The first-order valence-corrected chi connectivity index (χ1v) is 37.1. The molecule has 0 fully saturated rings. The molecule has 0 saturated carbocycles. The van der Waals surface area contributed by atoms with E-state index in [9.17, 15) is 0 Å². The summed E-state index contributed by atoms with van der Waals surface area (Å²) < 4.78 is 0. The van der Waals surface area contributed by atoms with Crippen molar-refractivity contribution in [2.45, 2.75) is 0 Å². The number of hydrogen-bond donors (Lipinski definition) is 0. The number of nitrogens with zero attached hydrogens (tertiary/aromatic N) is 6. The molecule has 0 aliphatic rings. The third-order valence-corrected chi connectivity index (χ3v) is 20.3. The summed E-state index contributed by atoms with van der Waals surface area (Å²) in [5.41, 5.74) is 22.0. The van der Waals surface area contributed by atoms with E-state index in [0.717, 1.165) is 79.6 Å². The Morgan fingerprint density at radius 3 is 0.642 bits per heavy atom. The Hall–Kier alpha value is -14.2. The molecule has 0 spiro atoms. The minimum absolute atomic E-state index is 1.12. The second-order valence-corrected chi connectivity index (χ2v) is 27.2. The highest BCUT2D eigenvalue weighted by atomic mass is 15.2. The van der Waals surface area contributed by atoms with Crippen molar-refractivity contribution >= 4 is 128 Å². The predicted octanol–water partition coefficient (Wildman–Crippen LogP) is 28.7. The molecule has 0 unspecified atom stereocenters. The number of rotatable bonds is 17. The van der Waals surface area contributed by atoms with Crippen LogP contribution >= 0.6 is 0 Å².